The van der Waals surface area contributed by atoms with Crippen LogP contribution in [0.5, 0.6) is 0 Å². The van der Waals surface area contributed by atoms with Crippen LogP contribution >= 0.6 is 6.26 Å². The van der Waals surface area contributed by atoms with Gasteiger partial charge in [-0.25, -0.2) is 0 Å². The third kappa shape index (κ3) is 1.49. The maximum Gasteiger partial charge on any atom is 0.0887 e. The van der Waals surface area contributed by atoms with Crippen LogP contribution in [-0.2, 0) is 16.3 Å². The van der Waals surface area contributed by atoms with Crippen LogP contribution in [-0.4, -0.2) is 13.3 Å². The fourth-order valence-electron chi connectivity index (χ4n) is 0.896. The van der Waals surface area contributed by atoms with Crippen molar-refractivity contribution in [3.05, 3.63) is 11.4 Å². The van der Waals surface area contributed by atoms with Gasteiger partial charge in [-0.2, -0.15) is 0 Å². The Morgan fingerprint density at radius 2 is 2.60 bits per heavy atom. The van der Waals surface area contributed by atoms with Gasteiger partial charge in [0.1, 0.15) is 0 Å². The van der Waals surface area contributed by atoms with Crippen molar-refractivity contribution >= 4 is 18.1 Å². The van der Waals surface area contributed by atoms with Crippen LogP contribution in [0.15, 0.2) is 11.4 Å². The Hall–Kier alpha value is -0.0900. The molecule has 10 heavy (non-hydrogen) atoms. The van der Waals surface area contributed by atoms with Gasteiger partial charge >= 0.3 is 0 Å². The molecule has 54 valence electrons. The molecule has 0 amide bonds. The fraction of sp³-hybridized carbons (Fsp3) is 0.429. The van der Waals surface area contributed by atoms with Crippen molar-refractivity contribution < 1.29 is 4.52 Å². The summed E-state index contributed by atoms with van der Waals surface area (Å²) in [5, 5.41) is 0. The van der Waals surface area contributed by atoms with Crippen LogP contribution in [0.3, 0.4) is 0 Å². The summed E-state index contributed by atoms with van der Waals surface area (Å²) < 4.78 is 5.18. The number of allylic oxidation sites excluding steroid dienone is 1. The van der Waals surface area contributed by atoms with Crippen molar-refractivity contribution in [3.63, 3.8) is 0 Å². The summed E-state index contributed by atoms with van der Waals surface area (Å²) in [6.07, 6.45) is 5.49. The minimum absolute atomic E-state index is 0.932. The summed E-state index contributed by atoms with van der Waals surface area (Å²) in [7, 11) is 1.66. The highest BCUT2D eigenvalue weighted by Crippen LogP contribution is 2.54. The number of terminal acetylenes is 1. The minimum atomic E-state index is -1.59. The maximum atomic E-state index is 5.23. The van der Waals surface area contributed by atoms with Crippen molar-refractivity contribution in [1.29, 1.82) is 0 Å². The Balaban J connectivity index is 2.84. The Bertz CT molecular complexity index is 249. The molecule has 0 bridgehead atoms. The first-order valence-corrected chi connectivity index (χ1v) is 6.00. The highest BCUT2D eigenvalue weighted by atomic mass is 32.4. The van der Waals surface area contributed by atoms with Gasteiger partial charge in [-0.3, -0.25) is 0 Å². The zero-order valence-electron chi connectivity index (χ0n) is 5.83. The summed E-state index contributed by atoms with van der Waals surface area (Å²) in [5.74, 6) is 4.56. The average Bonchev–Trinajstić information content (AvgIpc) is 2.33. The lowest BCUT2D eigenvalue weighted by Gasteiger charge is -2.07. The molecule has 1 rings (SSSR count). The molecule has 1 aliphatic heterocycles. The molecule has 0 aromatic carbocycles. The van der Waals surface area contributed by atoms with E-state index in [1.165, 1.54) is 0 Å². The van der Waals surface area contributed by atoms with Crippen molar-refractivity contribution in [1.82, 2.24) is 0 Å². The standard InChI is InChI=1S/C7H9OPS/c1-3-7-4-5-9(10,6-7)8-2/h1,6H,4-5H2,2H3. The molecule has 0 fully saturated rings. The molecular formula is C7H9OPS. The average molecular weight is 172 g/mol. The Morgan fingerprint density at radius 1 is 1.90 bits per heavy atom. The van der Waals surface area contributed by atoms with Gasteiger partial charge in [-0.05, 0) is 12.2 Å². The van der Waals surface area contributed by atoms with E-state index in [9.17, 15) is 0 Å². The molecule has 1 heterocycles. The molecule has 0 N–H and O–H groups in total. The van der Waals surface area contributed by atoms with E-state index in [2.05, 4.69) is 5.92 Å². The van der Waals surface area contributed by atoms with Gasteiger partial charge in [-0.1, -0.05) is 17.7 Å². The van der Waals surface area contributed by atoms with Crippen LogP contribution in [0.25, 0.3) is 0 Å². The zero-order valence-corrected chi connectivity index (χ0v) is 7.54. The third-order valence-corrected chi connectivity index (χ3v) is 5.02. The smallest absolute Gasteiger partial charge is 0.0887 e. The normalized spacial score (nSPS) is 31.4. The van der Waals surface area contributed by atoms with Gasteiger partial charge < -0.3 is 4.52 Å². The van der Waals surface area contributed by atoms with Gasteiger partial charge in [0, 0.05) is 18.8 Å². The van der Waals surface area contributed by atoms with E-state index in [0.717, 1.165) is 18.2 Å². The molecule has 1 atom stereocenters. The first-order chi connectivity index (χ1) is 4.70. The largest absolute Gasteiger partial charge is 0.350 e. The topological polar surface area (TPSA) is 9.23 Å². The minimum Gasteiger partial charge on any atom is -0.350 e. The molecule has 0 aromatic heterocycles. The van der Waals surface area contributed by atoms with Gasteiger partial charge in [0.15, 0.2) is 0 Å². The molecular weight excluding hydrogens is 163 g/mol. The summed E-state index contributed by atoms with van der Waals surface area (Å²) in [6, 6.07) is 0. The second-order valence-electron chi connectivity index (χ2n) is 2.18. The molecule has 3 heteroatoms. The predicted octanol–water partition coefficient (Wildman–Crippen LogP) is 1.95. The number of hydrogen-bond acceptors (Lipinski definition) is 2. The molecule has 0 saturated carbocycles. The summed E-state index contributed by atoms with van der Waals surface area (Å²) in [5.41, 5.74) is 1.02. The Kier molecular flexibility index (Phi) is 2.31. The molecule has 0 saturated heterocycles. The molecule has 0 aromatic rings. The lowest BCUT2D eigenvalue weighted by molar-refractivity contribution is 0.466. The SMILES string of the molecule is C#CC1=CP(=S)(OC)CC1. The van der Waals surface area contributed by atoms with Gasteiger partial charge in [0.2, 0.25) is 0 Å². The molecule has 0 aliphatic carbocycles. The van der Waals surface area contributed by atoms with E-state index in [-0.39, 0.29) is 0 Å². The van der Waals surface area contributed by atoms with Crippen LogP contribution in [0.2, 0.25) is 0 Å². The Labute approximate surface area is 66.6 Å². The predicted molar refractivity (Wildman–Crippen MR) is 47.7 cm³/mol. The van der Waals surface area contributed by atoms with Gasteiger partial charge in [0.05, 0.1) is 6.26 Å². The molecule has 1 unspecified atom stereocenters. The van der Waals surface area contributed by atoms with Crippen LogP contribution in [0.1, 0.15) is 6.42 Å². The first kappa shape index (κ1) is 8.01. The molecule has 1 nitrogen and oxygen atoms in total. The number of hydrogen-bond donors (Lipinski definition) is 0. The monoisotopic (exact) mass is 172 g/mol. The third-order valence-electron chi connectivity index (χ3n) is 1.54. The summed E-state index contributed by atoms with van der Waals surface area (Å²) in [6.45, 7) is 0. The molecule has 0 spiro atoms. The van der Waals surface area contributed by atoms with Gasteiger partial charge in [-0.15, -0.1) is 6.42 Å². The maximum absolute atomic E-state index is 5.23. The van der Waals surface area contributed by atoms with E-state index in [4.69, 9.17) is 22.8 Å². The fourth-order valence-corrected chi connectivity index (χ4v) is 3.20. The van der Waals surface area contributed by atoms with E-state index in [0.29, 0.717) is 0 Å². The van der Waals surface area contributed by atoms with E-state index in [1.807, 2.05) is 5.82 Å². The highest BCUT2D eigenvalue weighted by molar-refractivity contribution is 8.13. The second kappa shape index (κ2) is 2.88. The summed E-state index contributed by atoms with van der Waals surface area (Å²) in [4.78, 5) is 0. The zero-order chi connectivity index (χ0) is 7.61. The second-order valence-corrected chi connectivity index (χ2v) is 6.56. The van der Waals surface area contributed by atoms with E-state index >= 15 is 0 Å². The van der Waals surface area contributed by atoms with Crippen molar-refractivity contribution in [3.8, 4) is 12.3 Å². The van der Waals surface area contributed by atoms with Crippen LogP contribution in [0.4, 0.5) is 0 Å². The van der Waals surface area contributed by atoms with E-state index < -0.39 is 6.26 Å². The van der Waals surface area contributed by atoms with Crippen molar-refractivity contribution in [2.75, 3.05) is 13.3 Å². The van der Waals surface area contributed by atoms with Crippen molar-refractivity contribution in [2.24, 2.45) is 0 Å². The lowest BCUT2D eigenvalue weighted by Crippen LogP contribution is -1.80. The molecule has 1 aliphatic rings. The number of rotatable bonds is 1. The van der Waals surface area contributed by atoms with Crippen LogP contribution in [0, 0.1) is 12.3 Å². The Morgan fingerprint density at radius 3 is 2.90 bits per heavy atom. The van der Waals surface area contributed by atoms with Crippen molar-refractivity contribution in [2.45, 2.75) is 6.42 Å². The molecule has 0 radical (unpaired) electrons. The highest BCUT2D eigenvalue weighted by Gasteiger charge is 2.20. The van der Waals surface area contributed by atoms with Crippen LogP contribution < -0.4 is 0 Å². The quantitative estimate of drug-likeness (QED) is 0.441. The van der Waals surface area contributed by atoms with Gasteiger partial charge in [0.25, 0.3) is 0 Å². The van der Waals surface area contributed by atoms with E-state index in [1.54, 1.807) is 7.11 Å². The first-order valence-electron chi connectivity index (χ1n) is 3.03. The summed E-state index contributed by atoms with van der Waals surface area (Å²) >= 11 is 5.23. The lowest BCUT2D eigenvalue weighted by atomic mass is 10.3.